The van der Waals surface area contributed by atoms with Crippen LogP contribution in [-0.4, -0.2) is 13.6 Å². The zero-order valence-corrected chi connectivity index (χ0v) is 39.2. The van der Waals surface area contributed by atoms with Gasteiger partial charge in [0, 0.05) is 53.4 Å². The molecule has 3 nitrogen and oxygen atoms in total. The summed E-state index contributed by atoms with van der Waals surface area (Å²) in [5, 5.41) is 0. The van der Waals surface area contributed by atoms with Crippen LogP contribution < -0.4 is 14.7 Å². The van der Waals surface area contributed by atoms with Gasteiger partial charge >= 0.3 is 0 Å². The predicted molar refractivity (Wildman–Crippen MR) is 275 cm³/mol. The number of hydrogen-bond donors (Lipinski definition) is 0. The van der Waals surface area contributed by atoms with Gasteiger partial charge in [-0.25, -0.2) is 0 Å². The molecule has 6 rings (SSSR count). The van der Waals surface area contributed by atoms with Crippen LogP contribution in [0.25, 0.3) is 16.7 Å². The van der Waals surface area contributed by atoms with Gasteiger partial charge < -0.3 is 14.7 Å². The first-order chi connectivity index (χ1) is 29.7. The summed E-state index contributed by atoms with van der Waals surface area (Å²) in [6.45, 7) is 30.7. The van der Waals surface area contributed by atoms with Crippen molar-refractivity contribution in [2.24, 2.45) is 0 Å². The molecule has 0 saturated carbocycles. The Morgan fingerprint density at radius 1 is 0.565 bits per heavy atom. The van der Waals surface area contributed by atoms with Gasteiger partial charge in [0.25, 0.3) is 0 Å². The van der Waals surface area contributed by atoms with Crippen molar-refractivity contribution in [3.63, 3.8) is 0 Å². The molecular formula is C59H67N3. The second-order valence-electron chi connectivity index (χ2n) is 16.1. The predicted octanol–water partition coefficient (Wildman–Crippen LogP) is 16.4. The van der Waals surface area contributed by atoms with Crippen LogP contribution in [0.2, 0.25) is 0 Å². The van der Waals surface area contributed by atoms with E-state index in [-0.39, 0.29) is 0 Å². The van der Waals surface area contributed by atoms with Crippen molar-refractivity contribution >= 4 is 34.0 Å². The Labute approximate surface area is 375 Å². The first kappa shape index (κ1) is 47.9. The maximum Gasteiger partial charge on any atom is 0.0461 e. The Bertz CT molecular complexity index is 2520. The van der Waals surface area contributed by atoms with Gasteiger partial charge in [0.1, 0.15) is 0 Å². The number of nitrogens with zero attached hydrogens (tertiary/aromatic N) is 3. The maximum absolute atomic E-state index is 4.60. The van der Waals surface area contributed by atoms with Crippen LogP contribution in [0.15, 0.2) is 182 Å². The zero-order valence-electron chi connectivity index (χ0n) is 39.2. The quantitative estimate of drug-likeness (QED) is 0.0849. The molecule has 0 fully saturated rings. The fourth-order valence-electron chi connectivity index (χ4n) is 7.55. The highest BCUT2D eigenvalue weighted by Crippen LogP contribution is 2.38. The summed E-state index contributed by atoms with van der Waals surface area (Å²) in [6.07, 6.45) is 10.2. The van der Waals surface area contributed by atoms with E-state index in [1.165, 1.54) is 61.3 Å². The maximum atomic E-state index is 4.60. The molecule has 0 bridgehead atoms. The molecule has 0 spiro atoms. The first-order valence-electron chi connectivity index (χ1n) is 21.5. The summed E-state index contributed by atoms with van der Waals surface area (Å²) in [5.74, 6) is 2.25. The SMILES string of the molecule is C#CC.C=C(C)N(c1cccc(C)c1)c1ccc(-c2ccc(N(C(=C)C)c3ccc(C(/C=C\CN(C)c4cccc(C)c4)=C(\C)CC)c(C)c3)cc2C)c(C)c1.c1ccccc1. The van der Waals surface area contributed by atoms with Crippen LogP contribution in [0.3, 0.4) is 0 Å². The van der Waals surface area contributed by atoms with E-state index in [2.05, 4.69) is 225 Å². The second kappa shape index (κ2) is 23.3. The lowest BCUT2D eigenvalue weighted by molar-refractivity contribution is 1.03. The minimum absolute atomic E-state index is 0.837. The van der Waals surface area contributed by atoms with Crippen molar-refractivity contribution < 1.29 is 0 Å². The Morgan fingerprint density at radius 3 is 1.37 bits per heavy atom. The van der Waals surface area contributed by atoms with E-state index in [1.54, 1.807) is 6.92 Å². The largest absolute Gasteiger partial charge is 0.371 e. The third kappa shape index (κ3) is 12.9. The molecule has 0 heterocycles. The molecule has 318 valence electrons. The van der Waals surface area contributed by atoms with E-state index in [9.17, 15) is 0 Å². The van der Waals surface area contributed by atoms with Crippen molar-refractivity contribution in [2.75, 3.05) is 28.3 Å². The third-order valence-electron chi connectivity index (χ3n) is 10.8. The van der Waals surface area contributed by atoms with Crippen LogP contribution in [0.1, 0.15) is 74.4 Å². The highest BCUT2D eigenvalue weighted by molar-refractivity contribution is 5.82. The number of allylic oxidation sites excluding steroid dienone is 5. The molecule has 0 aliphatic heterocycles. The minimum Gasteiger partial charge on any atom is -0.371 e. The van der Waals surface area contributed by atoms with Gasteiger partial charge in [0.15, 0.2) is 0 Å². The number of benzene rings is 6. The van der Waals surface area contributed by atoms with Crippen LogP contribution in [0.5, 0.6) is 0 Å². The van der Waals surface area contributed by atoms with Crippen LogP contribution in [0, 0.1) is 47.0 Å². The van der Waals surface area contributed by atoms with Gasteiger partial charge in [0.05, 0.1) is 0 Å². The van der Waals surface area contributed by atoms with E-state index in [0.717, 1.165) is 47.1 Å². The Kier molecular flexibility index (Phi) is 18.0. The second-order valence-corrected chi connectivity index (χ2v) is 16.1. The van der Waals surface area contributed by atoms with E-state index in [4.69, 9.17) is 0 Å². The molecule has 0 aliphatic rings. The number of hydrogen-bond acceptors (Lipinski definition) is 3. The summed E-state index contributed by atoms with van der Waals surface area (Å²) in [5.41, 5.74) is 20.2. The molecule has 6 aromatic carbocycles. The van der Waals surface area contributed by atoms with Crippen LogP contribution in [0.4, 0.5) is 28.4 Å². The minimum atomic E-state index is 0.837. The van der Waals surface area contributed by atoms with E-state index < -0.39 is 0 Å². The third-order valence-corrected chi connectivity index (χ3v) is 10.8. The molecule has 62 heavy (non-hydrogen) atoms. The first-order valence-corrected chi connectivity index (χ1v) is 21.5. The summed E-state index contributed by atoms with van der Waals surface area (Å²) < 4.78 is 0. The highest BCUT2D eigenvalue weighted by atomic mass is 15.1. The molecule has 0 amide bonds. The fraction of sp³-hybridized carbons (Fsp3) is 0.220. The van der Waals surface area contributed by atoms with Gasteiger partial charge in [-0.1, -0.05) is 117 Å². The average Bonchev–Trinajstić information content (AvgIpc) is 3.24. The Hall–Kier alpha value is -6.76. The number of rotatable bonds is 13. The van der Waals surface area contributed by atoms with E-state index >= 15 is 0 Å². The number of terminal acetylenes is 1. The molecule has 0 atom stereocenters. The lowest BCUT2D eigenvalue weighted by atomic mass is 9.93. The standard InChI is InChI=1S/C50H57N3.C6H6.C3H4/c1-13-38(8)47(21-16-28-51(12)42-19-14-17-36(6)29-42)48-25-22-45(31-39(48)9)53(35(4)5)46-24-27-50(41(11)33-46)49-26-23-44(32-40(49)10)52(34(2)3)43-20-15-18-37(7)30-43;1-2-4-6-5-3-1;1-3-2/h14-27,29-33H,2,4,13,28H2,1,3,5-12H3;1-6H;1H,2H3/b21-16-,47-38+;;. The van der Waals surface area contributed by atoms with Gasteiger partial charge in [0.2, 0.25) is 0 Å². The normalized spacial score (nSPS) is 10.9. The smallest absolute Gasteiger partial charge is 0.0461 e. The molecule has 0 radical (unpaired) electrons. The molecule has 0 aromatic heterocycles. The number of aryl methyl sites for hydroxylation is 5. The Morgan fingerprint density at radius 2 is 0.968 bits per heavy atom. The molecular weight excluding hydrogens is 751 g/mol. The van der Waals surface area contributed by atoms with Gasteiger partial charge in [-0.15, -0.1) is 12.3 Å². The van der Waals surface area contributed by atoms with Crippen molar-refractivity contribution in [3.8, 4) is 23.5 Å². The monoisotopic (exact) mass is 818 g/mol. The molecule has 6 aromatic rings. The molecule has 0 aliphatic carbocycles. The average molecular weight is 818 g/mol. The fourth-order valence-corrected chi connectivity index (χ4v) is 7.55. The molecule has 0 saturated heterocycles. The summed E-state index contributed by atoms with van der Waals surface area (Å²) in [4.78, 5) is 6.77. The Balaban J connectivity index is 0.000000842. The van der Waals surface area contributed by atoms with Crippen molar-refractivity contribution in [1.29, 1.82) is 0 Å². The van der Waals surface area contributed by atoms with Gasteiger partial charge in [-0.3, -0.25) is 0 Å². The van der Waals surface area contributed by atoms with Crippen molar-refractivity contribution in [1.82, 2.24) is 0 Å². The lowest BCUT2D eigenvalue weighted by Gasteiger charge is -2.28. The topological polar surface area (TPSA) is 9.72 Å². The van der Waals surface area contributed by atoms with Crippen molar-refractivity contribution in [3.05, 3.63) is 215 Å². The van der Waals surface area contributed by atoms with Crippen LogP contribution in [-0.2, 0) is 0 Å². The van der Waals surface area contributed by atoms with Crippen molar-refractivity contribution in [2.45, 2.75) is 75.7 Å². The summed E-state index contributed by atoms with van der Waals surface area (Å²) in [6, 6.07) is 49.5. The van der Waals surface area contributed by atoms with E-state index in [0.29, 0.717) is 0 Å². The molecule has 3 heteroatoms. The van der Waals surface area contributed by atoms with Crippen LogP contribution >= 0.6 is 0 Å². The number of likely N-dealkylation sites (N-methyl/N-ethyl adjacent to an activating group) is 1. The summed E-state index contributed by atoms with van der Waals surface area (Å²) in [7, 11) is 2.15. The molecule has 0 N–H and O–H groups in total. The molecule has 0 unspecified atom stereocenters. The van der Waals surface area contributed by atoms with Gasteiger partial charge in [-0.05, 0) is 179 Å². The van der Waals surface area contributed by atoms with E-state index in [1.807, 2.05) is 36.4 Å². The van der Waals surface area contributed by atoms with Gasteiger partial charge in [-0.2, -0.15) is 0 Å². The number of anilines is 5. The lowest BCUT2D eigenvalue weighted by Crippen LogP contribution is -2.16. The highest BCUT2D eigenvalue weighted by Gasteiger charge is 2.17. The summed E-state index contributed by atoms with van der Waals surface area (Å²) >= 11 is 0. The zero-order chi connectivity index (χ0) is 45.3.